The van der Waals surface area contributed by atoms with Gasteiger partial charge in [0.15, 0.2) is 0 Å². The highest BCUT2D eigenvalue weighted by molar-refractivity contribution is 6.31. The van der Waals surface area contributed by atoms with Crippen LogP contribution in [-0.2, 0) is 0 Å². The third-order valence-corrected chi connectivity index (χ3v) is 9.95. The maximum Gasteiger partial charge on any atom is 0.254 e. The fourth-order valence-electron chi connectivity index (χ4n) is 7.34. The number of benzene rings is 1. The van der Waals surface area contributed by atoms with E-state index in [4.69, 9.17) is 21.6 Å². The van der Waals surface area contributed by atoms with Crippen LogP contribution < -0.4 is 15.0 Å². The lowest BCUT2D eigenvalue weighted by Gasteiger charge is -2.63. The predicted molar refractivity (Wildman–Crippen MR) is 163 cm³/mol. The van der Waals surface area contributed by atoms with Crippen molar-refractivity contribution in [2.24, 2.45) is 16.7 Å². The number of aliphatic hydroxyl groups is 1. The van der Waals surface area contributed by atoms with Crippen LogP contribution in [0.5, 0.6) is 5.75 Å². The number of aromatic nitrogens is 2. The summed E-state index contributed by atoms with van der Waals surface area (Å²) in [4.78, 5) is 27.0. The molecule has 3 fully saturated rings. The van der Waals surface area contributed by atoms with Crippen molar-refractivity contribution in [3.63, 3.8) is 0 Å². The number of ether oxygens (including phenoxy) is 1. The lowest BCUT2D eigenvalue weighted by atomic mass is 9.49. The van der Waals surface area contributed by atoms with Crippen molar-refractivity contribution < 1.29 is 14.6 Å². The first kappa shape index (κ1) is 30.5. The minimum absolute atomic E-state index is 0.118. The van der Waals surface area contributed by atoms with Gasteiger partial charge in [-0.25, -0.2) is 9.97 Å². The number of carbonyl (C=O) groups is 1. The second-order valence-corrected chi connectivity index (χ2v) is 13.8. The van der Waals surface area contributed by atoms with E-state index in [-0.39, 0.29) is 35.0 Å². The number of nitrogens with one attached hydrogen (secondary N) is 1. The van der Waals surface area contributed by atoms with E-state index in [1.165, 1.54) is 6.42 Å². The maximum absolute atomic E-state index is 13.2. The molecule has 226 valence electrons. The van der Waals surface area contributed by atoms with Gasteiger partial charge in [-0.3, -0.25) is 4.79 Å². The molecule has 0 radical (unpaired) electrons. The Morgan fingerprint density at radius 2 is 1.74 bits per heavy atom. The quantitative estimate of drug-likeness (QED) is 0.453. The second kappa shape index (κ2) is 12.4. The third kappa shape index (κ3) is 6.36. The standard InChI is InChI=1S/C32H43ClN6O3/c1-31(2)28(32(3,4)29(31)42-25-6-5-22(18-34)26(33)17-25)37-27(41)23-19-35-30(36-20-23)39-15-8-21(9-16-39)7-12-38-13-10-24(40)11-14-38/h5-6,17,19-21,24,28-29,40H,7-16H2,1-4H3,(H,37,41). The van der Waals surface area contributed by atoms with Gasteiger partial charge in [0.25, 0.3) is 5.91 Å². The Kier molecular flexibility index (Phi) is 8.98. The summed E-state index contributed by atoms with van der Waals surface area (Å²) in [7, 11) is 0. The van der Waals surface area contributed by atoms with Gasteiger partial charge in [-0.2, -0.15) is 5.26 Å². The summed E-state index contributed by atoms with van der Waals surface area (Å²) < 4.78 is 6.33. The van der Waals surface area contributed by atoms with Crippen LogP contribution in [0.1, 0.15) is 75.7 Å². The Labute approximate surface area is 254 Å². The molecular weight excluding hydrogens is 552 g/mol. The average molecular weight is 595 g/mol. The molecule has 0 spiro atoms. The van der Waals surface area contributed by atoms with E-state index in [1.54, 1.807) is 30.6 Å². The van der Waals surface area contributed by atoms with E-state index < -0.39 is 0 Å². The SMILES string of the molecule is CC1(C)C(NC(=O)c2cnc(N3CCC(CCN4CCC(O)CC4)CC3)nc2)C(C)(C)C1Oc1ccc(C#N)c(Cl)c1. The zero-order chi connectivity index (χ0) is 30.1. The van der Waals surface area contributed by atoms with Gasteiger partial charge < -0.3 is 25.0 Å². The van der Waals surface area contributed by atoms with Crippen LogP contribution in [-0.4, -0.2) is 76.9 Å². The molecule has 3 aliphatic rings. The number of anilines is 1. The van der Waals surface area contributed by atoms with Crippen molar-refractivity contribution in [3.8, 4) is 11.8 Å². The molecule has 0 bridgehead atoms. The van der Waals surface area contributed by atoms with Gasteiger partial charge in [0, 0.05) is 61.5 Å². The second-order valence-electron chi connectivity index (χ2n) is 13.4. The van der Waals surface area contributed by atoms with Crippen LogP contribution >= 0.6 is 11.6 Å². The number of nitriles is 1. The van der Waals surface area contributed by atoms with Crippen LogP contribution in [0, 0.1) is 28.1 Å². The number of likely N-dealkylation sites (tertiary alicyclic amines) is 1. The van der Waals surface area contributed by atoms with Gasteiger partial charge in [-0.05, 0) is 56.7 Å². The van der Waals surface area contributed by atoms with Crippen molar-refractivity contribution >= 4 is 23.5 Å². The summed E-state index contributed by atoms with van der Waals surface area (Å²) in [6.07, 6.45) is 8.18. The zero-order valence-electron chi connectivity index (χ0n) is 25.1. The van der Waals surface area contributed by atoms with Gasteiger partial charge in [0.2, 0.25) is 5.95 Å². The zero-order valence-corrected chi connectivity index (χ0v) is 25.9. The number of piperidine rings is 2. The van der Waals surface area contributed by atoms with Crippen molar-refractivity contribution in [3.05, 3.63) is 46.7 Å². The van der Waals surface area contributed by atoms with Crippen molar-refractivity contribution in [1.82, 2.24) is 20.2 Å². The van der Waals surface area contributed by atoms with Gasteiger partial charge in [0.05, 0.1) is 22.3 Å². The van der Waals surface area contributed by atoms with Gasteiger partial charge >= 0.3 is 0 Å². The molecule has 0 atom stereocenters. The summed E-state index contributed by atoms with van der Waals surface area (Å²) in [5, 5.41) is 22.4. The molecule has 10 heteroatoms. The molecule has 3 heterocycles. The van der Waals surface area contributed by atoms with E-state index in [0.29, 0.717) is 33.8 Å². The molecule has 1 aromatic heterocycles. The number of rotatable bonds is 8. The molecule has 2 saturated heterocycles. The maximum atomic E-state index is 13.2. The fourth-order valence-corrected chi connectivity index (χ4v) is 7.55. The first-order chi connectivity index (χ1) is 20.0. The average Bonchev–Trinajstić information content (AvgIpc) is 2.98. The van der Waals surface area contributed by atoms with Crippen LogP contribution in [0.15, 0.2) is 30.6 Å². The van der Waals surface area contributed by atoms with Crippen LogP contribution in [0.3, 0.4) is 0 Å². The number of amides is 1. The Balaban J connectivity index is 1.12. The fraction of sp³-hybridized carbons (Fsp3) is 0.625. The minimum atomic E-state index is -0.347. The number of aliphatic hydroxyl groups excluding tert-OH is 1. The first-order valence-corrected chi connectivity index (χ1v) is 15.5. The topological polar surface area (TPSA) is 115 Å². The molecular formula is C32H43ClN6O3. The summed E-state index contributed by atoms with van der Waals surface area (Å²) in [5.74, 6) is 1.78. The third-order valence-electron chi connectivity index (χ3n) is 9.64. The number of halogens is 1. The highest BCUT2D eigenvalue weighted by Crippen LogP contribution is 2.55. The van der Waals surface area contributed by atoms with Crippen molar-refractivity contribution in [1.29, 1.82) is 5.26 Å². The highest BCUT2D eigenvalue weighted by Gasteiger charge is 2.64. The molecule has 0 unspecified atom stereocenters. The monoisotopic (exact) mass is 594 g/mol. The van der Waals surface area contributed by atoms with Gasteiger partial charge in [-0.1, -0.05) is 39.3 Å². The number of carbonyl (C=O) groups excluding carboxylic acids is 1. The summed E-state index contributed by atoms with van der Waals surface area (Å²) in [6, 6.07) is 7.01. The molecule has 2 aliphatic heterocycles. The normalized spacial score (nSPS) is 24.5. The van der Waals surface area contributed by atoms with E-state index >= 15 is 0 Å². The van der Waals surface area contributed by atoms with Crippen LogP contribution in [0.2, 0.25) is 5.02 Å². The molecule has 2 aromatic rings. The Morgan fingerprint density at radius 1 is 1.10 bits per heavy atom. The van der Waals surface area contributed by atoms with Crippen molar-refractivity contribution in [2.75, 3.05) is 37.6 Å². The lowest BCUT2D eigenvalue weighted by molar-refractivity contribution is -0.164. The molecule has 42 heavy (non-hydrogen) atoms. The van der Waals surface area contributed by atoms with Crippen molar-refractivity contribution in [2.45, 2.75) is 78.0 Å². The summed E-state index contributed by atoms with van der Waals surface area (Å²) >= 11 is 6.21. The van der Waals surface area contributed by atoms with Gasteiger partial charge in [0.1, 0.15) is 17.9 Å². The van der Waals surface area contributed by atoms with E-state index in [0.717, 1.165) is 58.4 Å². The van der Waals surface area contributed by atoms with E-state index in [1.807, 2.05) is 0 Å². The molecule has 1 aliphatic carbocycles. The molecule has 1 amide bonds. The predicted octanol–water partition coefficient (Wildman–Crippen LogP) is 4.68. The van der Waals surface area contributed by atoms with Crippen LogP contribution in [0.25, 0.3) is 0 Å². The first-order valence-electron chi connectivity index (χ1n) is 15.1. The number of hydrogen-bond donors (Lipinski definition) is 2. The largest absolute Gasteiger partial charge is 0.489 e. The summed E-state index contributed by atoms with van der Waals surface area (Å²) in [5.41, 5.74) is 0.153. The Bertz CT molecular complexity index is 1280. The number of hydrogen-bond acceptors (Lipinski definition) is 8. The smallest absolute Gasteiger partial charge is 0.254 e. The van der Waals surface area contributed by atoms with Gasteiger partial charge in [-0.15, -0.1) is 0 Å². The molecule has 5 rings (SSSR count). The highest BCUT2D eigenvalue weighted by atomic mass is 35.5. The molecule has 1 saturated carbocycles. The number of nitrogens with zero attached hydrogens (tertiary/aromatic N) is 5. The molecule has 2 N–H and O–H groups in total. The minimum Gasteiger partial charge on any atom is -0.489 e. The van der Waals surface area contributed by atoms with E-state index in [9.17, 15) is 9.90 Å². The molecule has 9 nitrogen and oxygen atoms in total. The molecule has 1 aromatic carbocycles. The Morgan fingerprint density at radius 3 is 2.33 bits per heavy atom. The summed E-state index contributed by atoms with van der Waals surface area (Å²) in [6.45, 7) is 13.3. The van der Waals surface area contributed by atoms with E-state index in [2.05, 4.69) is 58.8 Å². The lowest BCUT2D eigenvalue weighted by Crippen LogP contribution is -2.74. The van der Waals surface area contributed by atoms with Crippen LogP contribution in [0.4, 0.5) is 5.95 Å². The Hall–Kier alpha value is -2.93.